The highest BCUT2D eigenvalue weighted by Gasteiger charge is 1.91. The van der Waals surface area contributed by atoms with Gasteiger partial charge in [0.1, 0.15) is 0 Å². The van der Waals surface area contributed by atoms with Crippen LogP contribution in [0.2, 0.25) is 0 Å². The monoisotopic (exact) mass is 235 g/mol. The SMILES string of the molecule is N#Cc1ccc(CC/C=C/Br)cc1. The lowest BCUT2D eigenvalue weighted by atomic mass is 10.1. The highest BCUT2D eigenvalue weighted by atomic mass is 79.9. The lowest BCUT2D eigenvalue weighted by Gasteiger charge is -1.97. The zero-order chi connectivity index (χ0) is 9.52. The molecule has 0 aliphatic carbocycles. The van der Waals surface area contributed by atoms with Gasteiger partial charge >= 0.3 is 0 Å². The maximum Gasteiger partial charge on any atom is 0.0991 e. The number of nitrogens with zero attached hydrogens (tertiary/aromatic N) is 1. The summed E-state index contributed by atoms with van der Waals surface area (Å²) in [5.41, 5.74) is 1.99. The van der Waals surface area contributed by atoms with E-state index >= 15 is 0 Å². The number of hydrogen-bond acceptors (Lipinski definition) is 1. The van der Waals surface area contributed by atoms with E-state index in [1.54, 1.807) is 0 Å². The molecule has 0 radical (unpaired) electrons. The van der Waals surface area contributed by atoms with Crippen LogP contribution in [0, 0.1) is 11.3 Å². The minimum absolute atomic E-state index is 0.722. The van der Waals surface area contributed by atoms with Crippen molar-refractivity contribution in [2.75, 3.05) is 0 Å². The first kappa shape index (κ1) is 10.0. The molecular formula is C11H10BrN. The summed E-state index contributed by atoms with van der Waals surface area (Å²) in [4.78, 5) is 1.87. The number of allylic oxidation sites excluding steroid dienone is 1. The third kappa shape index (κ3) is 3.43. The molecule has 0 aromatic heterocycles. The minimum atomic E-state index is 0.722. The molecule has 66 valence electrons. The normalized spacial score (nSPS) is 10.2. The molecule has 0 atom stereocenters. The van der Waals surface area contributed by atoms with Gasteiger partial charge in [0.2, 0.25) is 0 Å². The van der Waals surface area contributed by atoms with Crippen molar-refractivity contribution in [3.05, 3.63) is 46.5 Å². The molecule has 0 aliphatic rings. The van der Waals surface area contributed by atoms with Crippen molar-refractivity contribution in [1.29, 1.82) is 5.26 Å². The van der Waals surface area contributed by atoms with Gasteiger partial charge in [-0.2, -0.15) is 5.26 Å². The molecule has 2 heteroatoms. The molecule has 0 fully saturated rings. The highest BCUT2D eigenvalue weighted by molar-refractivity contribution is 9.11. The van der Waals surface area contributed by atoms with E-state index in [1.807, 2.05) is 29.3 Å². The first-order valence-corrected chi connectivity index (χ1v) is 5.02. The largest absolute Gasteiger partial charge is 0.192 e. The number of halogens is 1. The Labute approximate surface area is 86.8 Å². The Morgan fingerprint density at radius 1 is 1.31 bits per heavy atom. The van der Waals surface area contributed by atoms with E-state index in [9.17, 15) is 0 Å². The number of aryl methyl sites for hydroxylation is 1. The van der Waals surface area contributed by atoms with Crippen molar-refractivity contribution in [1.82, 2.24) is 0 Å². The third-order valence-electron chi connectivity index (χ3n) is 1.77. The van der Waals surface area contributed by atoms with Gasteiger partial charge in [0.05, 0.1) is 11.6 Å². The molecule has 0 aliphatic heterocycles. The fourth-order valence-corrected chi connectivity index (χ4v) is 1.32. The Hall–Kier alpha value is -1.07. The lowest BCUT2D eigenvalue weighted by Crippen LogP contribution is -1.83. The van der Waals surface area contributed by atoms with Crippen molar-refractivity contribution in [3.8, 4) is 6.07 Å². The molecule has 0 N–H and O–H groups in total. The van der Waals surface area contributed by atoms with Gasteiger partial charge in [-0.1, -0.05) is 34.1 Å². The Bertz CT molecular complexity index is 319. The number of hydrogen-bond donors (Lipinski definition) is 0. The molecule has 0 spiro atoms. The summed E-state index contributed by atoms with van der Waals surface area (Å²) in [6.07, 6.45) is 4.11. The zero-order valence-electron chi connectivity index (χ0n) is 7.20. The van der Waals surface area contributed by atoms with Gasteiger partial charge in [0.15, 0.2) is 0 Å². The van der Waals surface area contributed by atoms with Crippen molar-refractivity contribution in [3.63, 3.8) is 0 Å². The van der Waals surface area contributed by atoms with Gasteiger partial charge in [-0.05, 0) is 35.5 Å². The average Bonchev–Trinajstić information content (AvgIpc) is 2.19. The Morgan fingerprint density at radius 2 is 2.00 bits per heavy atom. The van der Waals surface area contributed by atoms with E-state index in [2.05, 4.69) is 28.1 Å². The van der Waals surface area contributed by atoms with Gasteiger partial charge in [0.25, 0.3) is 0 Å². The predicted molar refractivity (Wildman–Crippen MR) is 57.5 cm³/mol. The Balaban J connectivity index is 2.55. The van der Waals surface area contributed by atoms with Gasteiger partial charge in [0, 0.05) is 0 Å². The molecule has 0 bridgehead atoms. The molecule has 1 aromatic carbocycles. The molecule has 0 saturated carbocycles. The van der Waals surface area contributed by atoms with E-state index in [0.717, 1.165) is 18.4 Å². The maximum atomic E-state index is 8.58. The molecule has 0 amide bonds. The van der Waals surface area contributed by atoms with Crippen LogP contribution in [0.15, 0.2) is 35.3 Å². The summed E-state index contributed by atoms with van der Waals surface area (Å²) >= 11 is 3.22. The summed E-state index contributed by atoms with van der Waals surface area (Å²) in [6.45, 7) is 0. The van der Waals surface area contributed by atoms with Crippen LogP contribution in [0.25, 0.3) is 0 Å². The van der Waals surface area contributed by atoms with Gasteiger partial charge < -0.3 is 0 Å². The summed E-state index contributed by atoms with van der Waals surface area (Å²) in [5, 5.41) is 8.58. The van der Waals surface area contributed by atoms with Crippen molar-refractivity contribution >= 4 is 15.9 Å². The van der Waals surface area contributed by atoms with Crippen LogP contribution in [-0.2, 0) is 6.42 Å². The fourth-order valence-electron chi connectivity index (χ4n) is 1.06. The molecule has 1 rings (SSSR count). The summed E-state index contributed by atoms with van der Waals surface area (Å²) in [7, 11) is 0. The van der Waals surface area contributed by atoms with Crippen LogP contribution < -0.4 is 0 Å². The molecule has 13 heavy (non-hydrogen) atoms. The number of rotatable bonds is 3. The molecular weight excluding hydrogens is 226 g/mol. The predicted octanol–water partition coefficient (Wildman–Crippen LogP) is 3.40. The van der Waals surface area contributed by atoms with Gasteiger partial charge in [-0.25, -0.2) is 0 Å². The zero-order valence-corrected chi connectivity index (χ0v) is 8.79. The minimum Gasteiger partial charge on any atom is -0.192 e. The quantitative estimate of drug-likeness (QED) is 0.788. The van der Waals surface area contributed by atoms with Crippen LogP contribution in [0.5, 0.6) is 0 Å². The lowest BCUT2D eigenvalue weighted by molar-refractivity contribution is 1.00. The van der Waals surface area contributed by atoms with Crippen molar-refractivity contribution in [2.24, 2.45) is 0 Å². The Morgan fingerprint density at radius 3 is 2.54 bits per heavy atom. The van der Waals surface area contributed by atoms with E-state index in [-0.39, 0.29) is 0 Å². The van der Waals surface area contributed by atoms with Crippen LogP contribution in [-0.4, -0.2) is 0 Å². The van der Waals surface area contributed by atoms with Crippen molar-refractivity contribution < 1.29 is 0 Å². The molecule has 0 saturated heterocycles. The van der Waals surface area contributed by atoms with Gasteiger partial charge in [-0.3, -0.25) is 0 Å². The second-order valence-corrected chi connectivity index (χ2v) is 3.24. The van der Waals surface area contributed by atoms with E-state index in [4.69, 9.17) is 5.26 Å². The van der Waals surface area contributed by atoms with Gasteiger partial charge in [-0.15, -0.1) is 0 Å². The fraction of sp³-hybridized carbons (Fsp3) is 0.182. The summed E-state index contributed by atoms with van der Waals surface area (Å²) in [6, 6.07) is 9.81. The maximum absolute atomic E-state index is 8.58. The van der Waals surface area contributed by atoms with E-state index < -0.39 is 0 Å². The average molecular weight is 236 g/mol. The topological polar surface area (TPSA) is 23.8 Å². The number of benzene rings is 1. The second-order valence-electron chi connectivity index (χ2n) is 2.71. The van der Waals surface area contributed by atoms with Crippen LogP contribution in [0.1, 0.15) is 17.5 Å². The Kier molecular flexibility index (Phi) is 4.28. The van der Waals surface area contributed by atoms with Crippen LogP contribution >= 0.6 is 15.9 Å². The standard InChI is InChI=1S/C11H10BrN/c12-8-2-1-3-10-4-6-11(9-13)7-5-10/h2,4-8H,1,3H2/b8-2+. The van der Waals surface area contributed by atoms with Crippen molar-refractivity contribution in [2.45, 2.75) is 12.8 Å². The molecule has 0 unspecified atom stereocenters. The highest BCUT2D eigenvalue weighted by Crippen LogP contribution is 2.06. The van der Waals surface area contributed by atoms with Crippen LogP contribution in [0.4, 0.5) is 0 Å². The summed E-state index contributed by atoms with van der Waals surface area (Å²) < 4.78 is 0. The first-order valence-electron chi connectivity index (χ1n) is 4.11. The number of nitriles is 1. The second kappa shape index (κ2) is 5.55. The smallest absolute Gasteiger partial charge is 0.0991 e. The van der Waals surface area contributed by atoms with E-state index in [0.29, 0.717) is 0 Å². The third-order valence-corrected chi connectivity index (χ3v) is 2.15. The van der Waals surface area contributed by atoms with Crippen LogP contribution in [0.3, 0.4) is 0 Å². The summed E-state index contributed by atoms with van der Waals surface area (Å²) in [5.74, 6) is 0. The first-order chi connectivity index (χ1) is 6.36. The molecule has 1 nitrogen and oxygen atoms in total. The van der Waals surface area contributed by atoms with E-state index in [1.165, 1.54) is 5.56 Å². The molecule has 1 aromatic rings. The molecule has 0 heterocycles.